The number of carbonyl (C=O) groups is 2. The predicted octanol–water partition coefficient (Wildman–Crippen LogP) is 3.52. The molecule has 1 amide bonds. The first-order valence-electron chi connectivity index (χ1n) is 5.76. The van der Waals surface area contributed by atoms with Gasteiger partial charge in [-0.25, -0.2) is 0 Å². The zero-order valence-corrected chi connectivity index (χ0v) is 12.6. The molecule has 0 atom stereocenters. The molecule has 0 aromatic heterocycles. The minimum Gasteiger partial charge on any atom is -0.295 e. The Morgan fingerprint density at radius 3 is 2.43 bits per heavy atom. The molecule has 0 fully saturated rings. The summed E-state index contributed by atoms with van der Waals surface area (Å²) < 4.78 is 37.1. The summed E-state index contributed by atoms with van der Waals surface area (Å²) in [4.78, 5) is 23.3. The molecular formula is C14H11BrF3NO2. The molecule has 0 bridgehead atoms. The second-order valence-corrected chi connectivity index (χ2v) is 5.12. The summed E-state index contributed by atoms with van der Waals surface area (Å²) >= 11 is 3.20. The lowest BCUT2D eigenvalue weighted by molar-refractivity contribution is -0.159. The third-order valence-electron chi connectivity index (χ3n) is 2.60. The molecule has 0 saturated heterocycles. The fourth-order valence-electron chi connectivity index (χ4n) is 1.54. The molecule has 0 radical (unpaired) electrons. The van der Waals surface area contributed by atoms with Crippen LogP contribution in [0.1, 0.15) is 29.3 Å². The number of benzene rings is 1. The number of rotatable bonds is 4. The Kier molecular flexibility index (Phi) is 5.55. The maximum atomic E-state index is 12.2. The van der Waals surface area contributed by atoms with Gasteiger partial charge in [0.05, 0.1) is 6.54 Å². The molecule has 112 valence electrons. The SMILES string of the molecule is C#CN(Cc1ccc(C(C)=O)cc1Br)C(=O)CC(F)(F)F. The third-order valence-corrected chi connectivity index (χ3v) is 3.33. The number of ketones is 1. The van der Waals surface area contributed by atoms with Crippen molar-refractivity contribution >= 4 is 27.6 Å². The molecule has 1 aromatic rings. The van der Waals surface area contributed by atoms with Crippen molar-refractivity contribution in [2.24, 2.45) is 0 Å². The molecule has 1 aromatic carbocycles. The average molecular weight is 362 g/mol. The summed E-state index contributed by atoms with van der Waals surface area (Å²) in [5, 5.41) is 0. The van der Waals surface area contributed by atoms with Gasteiger partial charge in [-0.2, -0.15) is 13.2 Å². The molecule has 7 heteroatoms. The number of hydrogen-bond donors (Lipinski definition) is 0. The van der Waals surface area contributed by atoms with Crippen molar-refractivity contribution in [2.75, 3.05) is 0 Å². The summed E-state index contributed by atoms with van der Waals surface area (Å²) in [5.41, 5.74) is 0.952. The van der Waals surface area contributed by atoms with Crippen LogP contribution in [0.15, 0.2) is 22.7 Å². The van der Waals surface area contributed by atoms with Gasteiger partial charge in [0.2, 0.25) is 5.91 Å². The lowest BCUT2D eigenvalue weighted by Crippen LogP contribution is -2.30. The fraction of sp³-hybridized carbons (Fsp3) is 0.286. The fourth-order valence-corrected chi connectivity index (χ4v) is 2.04. The van der Waals surface area contributed by atoms with Crippen LogP contribution in [-0.4, -0.2) is 22.8 Å². The van der Waals surface area contributed by atoms with Crippen molar-refractivity contribution in [3.05, 3.63) is 33.8 Å². The highest BCUT2D eigenvalue weighted by molar-refractivity contribution is 9.10. The van der Waals surface area contributed by atoms with Crippen molar-refractivity contribution in [3.8, 4) is 12.5 Å². The molecule has 0 aliphatic heterocycles. The zero-order valence-electron chi connectivity index (χ0n) is 11.0. The van der Waals surface area contributed by atoms with Crippen molar-refractivity contribution in [2.45, 2.75) is 26.1 Å². The molecule has 0 heterocycles. The number of carbonyl (C=O) groups excluding carboxylic acids is 2. The van der Waals surface area contributed by atoms with Gasteiger partial charge in [-0.15, -0.1) is 0 Å². The van der Waals surface area contributed by atoms with Gasteiger partial charge in [0, 0.05) is 16.1 Å². The normalized spacial score (nSPS) is 10.9. The average Bonchev–Trinajstić information content (AvgIpc) is 2.34. The van der Waals surface area contributed by atoms with Gasteiger partial charge in [-0.3, -0.25) is 14.5 Å². The van der Waals surface area contributed by atoms with Crippen LogP contribution in [0.2, 0.25) is 0 Å². The number of halogens is 4. The van der Waals surface area contributed by atoms with Gasteiger partial charge in [0.25, 0.3) is 0 Å². The Hall–Kier alpha value is -1.81. The highest BCUT2D eigenvalue weighted by Gasteiger charge is 2.33. The van der Waals surface area contributed by atoms with Gasteiger partial charge < -0.3 is 0 Å². The van der Waals surface area contributed by atoms with E-state index in [0.717, 1.165) is 0 Å². The predicted molar refractivity (Wildman–Crippen MR) is 74.2 cm³/mol. The molecule has 1 rings (SSSR count). The minimum absolute atomic E-state index is 0.149. The molecule has 0 aliphatic carbocycles. The van der Waals surface area contributed by atoms with Gasteiger partial charge >= 0.3 is 6.18 Å². The summed E-state index contributed by atoms with van der Waals surface area (Å²) in [5.74, 6) is -1.35. The molecule has 21 heavy (non-hydrogen) atoms. The first kappa shape index (κ1) is 17.2. The van der Waals surface area contributed by atoms with Gasteiger partial charge in [0.1, 0.15) is 6.42 Å². The van der Waals surface area contributed by atoms with Gasteiger partial charge in [-0.1, -0.05) is 34.5 Å². The Bertz CT molecular complexity index is 605. The van der Waals surface area contributed by atoms with Crippen molar-refractivity contribution in [1.29, 1.82) is 0 Å². The van der Waals surface area contributed by atoms with E-state index >= 15 is 0 Å². The molecule has 0 unspecified atom stereocenters. The van der Waals surface area contributed by atoms with E-state index in [2.05, 4.69) is 15.9 Å². The van der Waals surface area contributed by atoms with Gasteiger partial charge in [0.15, 0.2) is 5.78 Å². The van der Waals surface area contributed by atoms with E-state index in [9.17, 15) is 22.8 Å². The number of amides is 1. The zero-order chi connectivity index (χ0) is 16.2. The molecular weight excluding hydrogens is 351 g/mol. The largest absolute Gasteiger partial charge is 0.397 e. The van der Waals surface area contributed by atoms with E-state index in [1.165, 1.54) is 25.1 Å². The second kappa shape index (κ2) is 6.76. The van der Waals surface area contributed by atoms with Crippen LogP contribution < -0.4 is 0 Å². The van der Waals surface area contributed by atoms with Crippen molar-refractivity contribution in [1.82, 2.24) is 4.90 Å². The number of terminal acetylenes is 1. The van der Waals surface area contributed by atoms with E-state index in [-0.39, 0.29) is 12.3 Å². The maximum absolute atomic E-state index is 12.2. The van der Waals surface area contributed by atoms with Crippen LogP contribution in [0.25, 0.3) is 0 Å². The Balaban J connectivity index is 2.90. The maximum Gasteiger partial charge on any atom is 0.397 e. The summed E-state index contributed by atoms with van der Waals surface area (Å²) in [6, 6.07) is 6.51. The quantitative estimate of drug-likeness (QED) is 0.467. The van der Waals surface area contributed by atoms with E-state index in [1.807, 2.05) is 6.04 Å². The topological polar surface area (TPSA) is 37.4 Å². The standard InChI is InChI=1S/C14H11BrF3NO2/c1-3-19(13(21)7-14(16,17)18)8-11-5-4-10(9(2)20)6-12(11)15/h1,4-6H,7-8H2,2H3. The summed E-state index contributed by atoms with van der Waals surface area (Å²) in [6.07, 6.45) is -1.13. The third kappa shape index (κ3) is 5.23. The smallest absolute Gasteiger partial charge is 0.295 e. The van der Waals surface area contributed by atoms with Crippen LogP contribution in [0.3, 0.4) is 0 Å². The molecule has 0 aliphatic rings. The first-order valence-corrected chi connectivity index (χ1v) is 6.56. The van der Waals surface area contributed by atoms with Crippen LogP contribution in [0, 0.1) is 12.5 Å². The Morgan fingerprint density at radius 1 is 1.38 bits per heavy atom. The van der Waals surface area contributed by atoms with Crippen LogP contribution in [0.5, 0.6) is 0 Å². The minimum atomic E-state index is -4.61. The van der Waals surface area contributed by atoms with E-state index < -0.39 is 18.5 Å². The lowest BCUT2D eigenvalue weighted by Gasteiger charge is -2.17. The Labute approximate surface area is 128 Å². The number of nitrogens with zero attached hydrogens (tertiary/aromatic N) is 1. The molecule has 0 saturated carbocycles. The van der Waals surface area contributed by atoms with Crippen molar-refractivity contribution in [3.63, 3.8) is 0 Å². The summed E-state index contributed by atoms with van der Waals surface area (Å²) in [6.45, 7) is 1.21. The number of hydrogen-bond acceptors (Lipinski definition) is 2. The number of Topliss-reactive ketones (excluding diaryl/α,β-unsaturated/α-hetero) is 1. The molecule has 0 N–H and O–H groups in total. The number of alkyl halides is 3. The van der Waals surface area contributed by atoms with Crippen LogP contribution in [0.4, 0.5) is 13.2 Å². The van der Waals surface area contributed by atoms with Crippen molar-refractivity contribution < 1.29 is 22.8 Å². The highest BCUT2D eigenvalue weighted by atomic mass is 79.9. The van der Waals surface area contributed by atoms with E-state index in [4.69, 9.17) is 6.42 Å². The lowest BCUT2D eigenvalue weighted by atomic mass is 10.1. The Morgan fingerprint density at radius 2 is 2.00 bits per heavy atom. The summed E-state index contributed by atoms with van der Waals surface area (Å²) in [7, 11) is 0. The first-order chi connectivity index (χ1) is 9.64. The van der Waals surface area contributed by atoms with E-state index in [0.29, 0.717) is 20.5 Å². The molecule has 0 spiro atoms. The van der Waals surface area contributed by atoms with E-state index in [1.54, 1.807) is 0 Å². The van der Waals surface area contributed by atoms with Crippen LogP contribution >= 0.6 is 15.9 Å². The van der Waals surface area contributed by atoms with Crippen LogP contribution in [-0.2, 0) is 11.3 Å². The van der Waals surface area contributed by atoms with Gasteiger partial charge in [-0.05, 0) is 18.6 Å². The second-order valence-electron chi connectivity index (χ2n) is 4.26. The highest BCUT2D eigenvalue weighted by Crippen LogP contribution is 2.23. The monoisotopic (exact) mass is 361 g/mol. The molecule has 3 nitrogen and oxygen atoms in total.